The van der Waals surface area contributed by atoms with E-state index in [9.17, 15) is 0 Å². The molecule has 0 bridgehead atoms. The number of fused-ring (bicyclic) bond motifs is 1. The zero-order chi connectivity index (χ0) is 21.8. The average molecular weight is 440 g/mol. The van der Waals surface area contributed by atoms with Crippen molar-refractivity contribution < 1.29 is 4.74 Å². The van der Waals surface area contributed by atoms with E-state index < -0.39 is 0 Å². The van der Waals surface area contributed by atoms with Crippen molar-refractivity contribution in [3.63, 3.8) is 0 Å². The minimum absolute atomic E-state index is 0.768. The zero-order valence-electron chi connectivity index (χ0n) is 19.6. The number of rotatable bonds is 9. The van der Waals surface area contributed by atoms with E-state index in [0.717, 1.165) is 49.3 Å². The van der Waals surface area contributed by atoms with E-state index in [4.69, 9.17) is 9.72 Å². The monoisotopic (exact) mass is 439 g/mol. The lowest BCUT2D eigenvalue weighted by molar-refractivity contribution is 0.308. The fraction of sp³-hybridized carbons (Fsp3) is 0.577. The maximum atomic E-state index is 5.78. The Kier molecular flexibility index (Phi) is 7.34. The van der Waals surface area contributed by atoms with Gasteiger partial charge in [-0.3, -0.25) is 0 Å². The van der Waals surface area contributed by atoms with Gasteiger partial charge in [0, 0.05) is 35.1 Å². The summed E-state index contributed by atoms with van der Waals surface area (Å²) in [6.45, 7) is 11.0. The lowest BCUT2D eigenvalue weighted by Crippen LogP contribution is -2.25. The molecule has 2 aromatic heterocycles. The van der Waals surface area contributed by atoms with Crippen molar-refractivity contribution >= 4 is 22.2 Å². The second-order valence-corrected chi connectivity index (χ2v) is 9.94. The second-order valence-electron chi connectivity index (χ2n) is 8.86. The summed E-state index contributed by atoms with van der Waals surface area (Å²) in [4.78, 5) is 8.92. The van der Waals surface area contributed by atoms with Gasteiger partial charge in [-0.05, 0) is 51.3 Å². The highest BCUT2D eigenvalue weighted by Gasteiger charge is 2.21. The summed E-state index contributed by atoms with van der Waals surface area (Å²) in [5, 5.41) is 2.41. The zero-order valence-corrected chi connectivity index (χ0v) is 20.4. The van der Waals surface area contributed by atoms with Crippen LogP contribution >= 0.6 is 11.3 Å². The number of aromatic nitrogens is 2. The molecule has 2 heterocycles. The number of nitrogens with zero attached hydrogens (tertiary/aromatic N) is 3. The molecule has 0 amide bonds. The number of hydrogen-bond acceptors (Lipinski definition) is 4. The third-order valence-corrected chi connectivity index (χ3v) is 8.18. The van der Waals surface area contributed by atoms with Gasteiger partial charge in [0.05, 0.1) is 18.3 Å². The molecule has 0 aliphatic heterocycles. The predicted molar refractivity (Wildman–Crippen MR) is 132 cm³/mol. The van der Waals surface area contributed by atoms with Crippen LogP contribution in [0, 0.1) is 12.8 Å². The highest BCUT2D eigenvalue weighted by Crippen LogP contribution is 2.39. The first-order chi connectivity index (χ1) is 15.1. The first kappa shape index (κ1) is 22.3. The van der Waals surface area contributed by atoms with Gasteiger partial charge in [-0.2, -0.15) is 0 Å². The van der Waals surface area contributed by atoms with Crippen LogP contribution in [-0.2, 0) is 13.0 Å². The van der Waals surface area contributed by atoms with Crippen LogP contribution in [0.3, 0.4) is 0 Å². The molecule has 1 aliphatic rings. The fourth-order valence-electron chi connectivity index (χ4n) is 5.03. The Morgan fingerprint density at radius 2 is 1.94 bits per heavy atom. The van der Waals surface area contributed by atoms with E-state index in [-0.39, 0.29) is 0 Å². The highest BCUT2D eigenvalue weighted by atomic mass is 32.1. The van der Waals surface area contributed by atoms with E-state index in [2.05, 4.69) is 54.6 Å². The quantitative estimate of drug-likeness (QED) is 0.379. The fourth-order valence-corrected chi connectivity index (χ4v) is 6.10. The van der Waals surface area contributed by atoms with Crippen molar-refractivity contribution in [2.45, 2.75) is 65.8 Å². The molecule has 3 aromatic rings. The van der Waals surface area contributed by atoms with Gasteiger partial charge >= 0.3 is 0 Å². The lowest BCUT2D eigenvalue weighted by Gasteiger charge is -2.22. The normalized spacial score (nSPS) is 15.3. The Labute approximate surface area is 191 Å². The highest BCUT2D eigenvalue weighted by molar-refractivity contribution is 7.15. The first-order valence-electron chi connectivity index (χ1n) is 12.0. The molecule has 4 rings (SSSR count). The van der Waals surface area contributed by atoms with Crippen molar-refractivity contribution in [3.8, 4) is 16.3 Å². The number of likely N-dealkylation sites (N-methyl/N-ethyl adjacent to an activating group) is 1. The van der Waals surface area contributed by atoms with Crippen LogP contribution in [0.2, 0.25) is 0 Å². The molecule has 0 unspecified atom stereocenters. The van der Waals surface area contributed by atoms with Crippen LogP contribution in [0.5, 0.6) is 5.75 Å². The Morgan fingerprint density at radius 3 is 2.65 bits per heavy atom. The van der Waals surface area contributed by atoms with Gasteiger partial charge < -0.3 is 14.2 Å². The molecule has 0 radical (unpaired) electrons. The van der Waals surface area contributed by atoms with E-state index in [0.29, 0.717) is 0 Å². The van der Waals surface area contributed by atoms with Crippen LogP contribution < -0.4 is 4.74 Å². The van der Waals surface area contributed by atoms with Crippen molar-refractivity contribution in [1.29, 1.82) is 0 Å². The molecule has 1 saturated carbocycles. The Bertz CT molecular complexity index is 996. The number of ether oxygens (including phenoxy) is 1. The van der Waals surface area contributed by atoms with Gasteiger partial charge in [-0.15, -0.1) is 11.3 Å². The minimum Gasteiger partial charge on any atom is -0.495 e. The van der Waals surface area contributed by atoms with Crippen LogP contribution in [0.4, 0.5) is 0 Å². The minimum atomic E-state index is 0.768. The largest absolute Gasteiger partial charge is 0.495 e. The molecule has 168 valence electrons. The molecule has 0 saturated heterocycles. The molecular formula is C26H37N3OS. The van der Waals surface area contributed by atoms with Gasteiger partial charge in [-0.25, -0.2) is 4.98 Å². The van der Waals surface area contributed by atoms with Crippen LogP contribution in [0.1, 0.15) is 56.5 Å². The summed E-state index contributed by atoms with van der Waals surface area (Å²) >= 11 is 1.87. The molecule has 0 N–H and O–H groups in total. The topological polar surface area (TPSA) is 30.3 Å². The number of hydrogen-bond donors (Lipinski definition) is 0. The van der Waals surface area contributed by atoms with Gasteiger partial charge in [0.25, 0.3) is 0 Å². The summed E-state index contributed by atoms with van der Waals surface area (Å²) < 4.78 is 8.23. The maximum absolute atomic E-state index is 5.78. The molecule has 0 atom stereocenters. The van der Waals surface area contributed by atoms with E-state index in [1.807, 2.05) is 11.3 Å². The molecular weight excluding hydrogens is 402 g/mol. The van der Waals surface area contributed by atoms with E-state index in [1.165, 1.54) is 59.1 Å². The standard InChI is InChI=1S/C26H37N3OS/c1-5-28(6-2)16-15-24-19(3)27-26(31-24)22-18-29(17-20-11-8-7-9-12-20)25-21(22)13-10-14-23(25)30-4/h10,13-14,18,20H,5-9,11-12,15-17H2,1-4H3. The Hall–Kier alpha value is -1.85. The second kappa shape index (κ2) is 10.2. The van der Waals surface area contributed by atoms with Crippen LogP contribution in [-0.4, -0.2) is 41.2 Å². The number of aryl methyl sites for hydroxylation is 1. The summed E-state index contributed by atoms with van der Waals surface area (Å²) in [5.74, 6) is 1.74. The van der Waals surface area contributed by atoms with Crippen molar-refractivity contribution in [1.82, 2.24) is 14.5 Å². The summed E-state index contributed by atoms with van der Waals surface area (Å²) in [5.41, 5.74) is 3.67. The van der Waals surface area contributed by atoms with Crippen molar-refractivity contribution in [2.75, 3.05) is 26.7 Å². The Balaban J connectivity index is 1.68. The molecule has 5 heteroatoms. The van der Waals surface area contributed by atoms with Crippen LogP contribution in [0.25, 0.3) is 21.5 Å². The number of benzene rings is 1. The van der Waals surface area contributed by atoms with Gasteiger partial charge in [0.15, 0.2) is 0 Å². The lowest BCUT2D eigenvalue weighted by atomic mass is 9.89. The van der Waals surface area contributed by atoms with E-state index >= 15 is 0 Å². The van der Waals surface area contributed by atoms with Gasteiger partial charge in [0.2, 0.25) is 0 Å². The third kappa shape index (κ3) is 4.83. The Morgan fingerprint density at radius 1 is 1.16 bits per heavy atom. The predicted octanol–water partition coefficient (Wildman–Crippen LogP) is 6.55. The van der Waals surface area contributed by atoms with Gasteiger partial charge in [0.1, 0.15) is 10.8 Å². The van der Waals surface area contributed by atoms with Crippen LogP contribution in [0.15, 0.2) is 24.4 Å². The smallest absolute Gasteiger partial charge is 0.143 e. The van der Waals surface area contributed by atoms with Gasteiger partial charge in [-0.1, -0.05) is 45.2 Å². The number of methoxy groups -OCH3 is 1. The molecule has 0 spiro atoms. The molecule has 1 aliphatic carbocycles. The maximum Gasteiger partial charge on any atom is 0.143 e. The summed E-state index contributed by atoms with van der Waals surface area (Å²) in [6, 6.07) is 6.43. The summed E-state index contributed by atoms with van der Waals surface area (Å²) in [7, 11) is 1.78. The SMILES string of the molecule is CCN(CC)CCc1sc(-c2cn(CC3CCCCC3)c3c(OC)cccc23)nc1C. The third-order valence-electron chi connectivity index (χ3n) is 6.93. The molecule has 1 aromatic carbocycles. The first-order valence-corrected chi connectivity index (χ1v) is 12.8. The van der Waals surface area contributed by atoms with Crippen molar-refractivity contribution in [2.24, 2.45) is 5.92 Å². The van der Waals surface area contributed by atoms with E-state index in [1.54, 1.807) is 7.11 Å². The van der Waals surface area contributed by atoms with Crippen molar-refractivity contribution in [3.05, 3.63) is 35.0 Å². The number of thiazole rings is 1. The molecule has 4 nitrogen and oxygen atoms in total. The molecule has 31 heavy (non-hydrogen) atoms. The molecule has 1 fully saturated rings. The summed E-state index contributed by atoms with van der Waals surface area (Å²) in [6.07, 6.45) is 10.2. The number of para-hydroxylation sites is 1. The average Bonchev–Trinajstić information content (AvgIpc) is 3.35.